The number of hydrogen-bond acceptors (Lipinski definition) is 5. The van der Waals surface area contributed by atoms with Gasteiger partial charge in [0, 0.05) is 17.3 Å². The smallest absolute Gasteiger partial charge is 0.387 e. The maximum absolute atomic E-state index is 12.1. The second-order valence-corrected chi connectivity index (χ2v) is 4.93. The van der Waals surface area contributed by atoms with Crippen molar-refractivity contribution in [1.82, 2.24) is 9.97 Å². The van der Waals surface area contributed by atoms with E-state index in [-0.39, 0.29) is 5.75 Å². The molecule has 0 amide bonds. The van der Waals surface area contributed by atoms with Crippen LogP contribution in [-0.2, 0) is 6.54 Å². The zero-order chi connectivity index (χ0) is 16.9. The first-order valence-electron chi connectivity index (χ1n) is 7.22. The molecule has 0 unspecified atom stereocenters. The van der Waals surface area contributed by atoms with Gasteiger partial charge in [0.25, 0.3) is 0 Å². The molecule has 0 atom stereocenters. The Morgan fingerprint density at radius 2 is 2.00 bits per heavy atom. The van der Waals surface area contributed by atoms with Crippen molar-refractivity contribution < 1.29 is 18.3 Å². The van der Waals surface area contributed by atoms with Gasteiger partial charge in [-0.2, -0.15) is 8.78 Å². The Morgan fingerprint density at radius 1 is 1.12 bits per heavy atom. The molecule has 0 aliphatic rings. The van der Waals surface area contributed by atoms with E-state index in [1.165, 1.54) is 12.3 Å². The van der Waals surface area contributed by atoms with E-state index in [1.54, 1.807) is 19.4 Å². The summed E-state index contributed by atoms with van der Waals surface area (Å²) in [5.74, 6) is 0.732. The number of aromatic nitrogens is 2. The van der Waals surface area contributed by atoms with E-state index >= 15 is 0 Å². The maximum Gasteiger partial charge on any atom is 0.387 e. The van der Waals surface area contributed by atoms with Crippen LogP contribution in [0.5, 0.6) is 11.5 Å². The van der Waals surface area contributed by atoms with Gasteiger partial charge in [-0.05, 0) is 24.3 Å². The minimum absolute atomic E-state index is 0.0350. The summed E-state index contributed by atoms with van der Waals surface area (Å²) in [6.07, 6.45) is 2.97. The molecule has 1 N–H and O–H groups in total. The van der Waals surface area contributed by atoms with E-state index in [4.69, 9.17) is 4.74 Å². The molecule has 0 spiro atoms. The molecule has 0 bridgehead atoms. The number of para-hydroxylation sites is 1. The van der Waals surface area contributed by atoms with Gasteiger partial charge < -0.3 is 14.8 Å². The highest BCUT2D eigenvalue weighted by Gasteiger charge is 2.07. The molecule has 0 aliphatic heterocycles. The van der Waals surface area contributed by atoms with Crippen LogP contribution in [0.15, 0.2) is 48.8 Å². The molecular weight excluding hydrogens is 316 g/mol. The fourth-order valence-electron chi connectivity index (χ4n) is 2.34. The number of halogens is 2. The summed E-state index contributed by atoms with van der Waals surface area (Å²) in [6.45, 7) is -2.42. The predicted octanol–water partition coefficient (Wildman–Crippen LogP) is 3.85. The number of hydrogen-bond donors (Lipinski definition) is 1. The van der Waals surface area contributed by atoms with E-state index in [0.717, 1.165) is 16.6 Å². The average molecular weight is 331 g/mol. The van der Waals surface area contributed by atoms with Crippen LogP contribution in [0.3, 0.4) is 0 Å². The number of ether oxygens (including phenoxy) is 2. The first-order valence-corrected chi connectivity index (χ1v) is 7.22. The second-order valence-electron chi connectivity index (χ2n) is 4.93. The van der Waals surface area contributed by atoms with Gasteiger partial charge in [-0.1, -0.05) is 12.1 Å². The summed E-state index contributed by atoms with van der Waals surface area (Å²) in [5, 5.41) is 4.19. The van der Waals surface area contributed by atoms with Crippen LogP contribution in [0.4, 0.5) is 14.5 Å². The van der Waals surface area contributed by atoms with Crippen LogP contribution in [0.2, 0.25) is 0 Å². The Hall–Kier alpha value is -2.96. The Bertz CT molecular complexity index is 826. The largest absolute Gasteiger partial charge is 0.494 e. The number of alkyl halides is 2. The summed E-state index contributed by atoms with van der Waals surface area (Å²) in [7, 11) is 1.60. The molecule has 124 valence electrons. The van der Waals surface area contributed by atoms with Crippen LogP contribution >= 0.6 is 0 Å². The molecule has 0 radical (unpaired) electrons. The van der Waals surface area contributed by atoms with E-state index in [0.29, 0.717) is 18.0 Å². The van der Waals surface area contributed by atoms with Gasteiger partial charge in [0.15, 0.2) is 0 Å². The zero-order valence-corrected chi connectivity index (χ0v) is 12.9. The van der Waals surface area contributed by atoms with Crippen molar-refractivity contribution in [3.63, 3.8) is 0 Å². The Labute approximate surface area is 137 Å². The van der Waals surface area contributed by atoms with Crippen LogP contribution < -0.4 is 14.8 Å². The predicted molar refractivity (Wildman–Crippen MR) is 86.5 cm³/mol. The van der Waals surface area contributed by atoms with Crippen LogP contribution in [0.25, 0.3) is 10.9 Å². The standard InChI is InChI=1S/C17H15F2N3O2/c1-23-15-4-2-3-13-14(7-8-20-16(13)15)22-9-11-5-6-12(10-21-11)24-17(18)19/h2-8,10,17H,9H2,1H3,(H,20,22). The first-order chi connectivity index (χ1) is 11.7. The Morgan fingerprint density at radius 3 is 2.71 bits per heavy atom. The van der Waals surface area contributed by atoms with Crippen molar-refractivity contribution in [2.45, 2.75) is 13.2 Å². The zero-order valence-electron chi connectivity index (χ0n) is 12.9. The SMILES string of the molecule is COc1cccc2c(NCc3ccc(OC(F)F)cn3)ccnc12. The molecular formula is C17H15F2N3O2. The van der Waals surface area contributed by atoms with Crippen molar-refractivity contribution in [3.05, 3.63) is 54.5 Å². The van der Waals surface area contributed by atoms with Crippen molar-refractivity contribution in [2.75, 3.05) is 12.4 Å². The van der Waals surface area contributed by atoms with Crippen LogP contribution in [0, 0.1) is 0 Å². The number of fused-ring (bicyclic) bond motifs is 1. The van der Waals surface area contributed by atoms with Gasteiger partial charge in [-0.25, -0.2) is 0 Å². The molecule has 3 rings (SSSR count). The lowest BCUT2D eigenvalue weighted by Gasteiger charge is -2.11. The van der Waals surface area contributed by atoms with Crippen LogP contribution in [0.1, 0.15) is 5.69 Å². The number of methoxy groups -OCH3 is 1. The van der Waals surface area contributed by atoms with E-state index in [2.05, 4.69) is 20.0 Å². The lowest BCUT2D eigenvalue weighted by atomic mass is 10.1. The normalized spacial score (nSPS) is 10.8. The molecule has 1 aromatic carbocycles. The van der Waals surface area contributed by atoms with Gasteiger partial charge in [0.1, 0.15) is 17.0 Å². The lowest BCUT2D eigenvalue weighted by Crippen LogP contribution is -2.05. The molecule has 2 heterocycles. The average Bonchev–Trinajstić information content (AvgIpc) is 2.60. The minimum atomic E-state index is -2.85. The third-order valence-corrected chi connectivity index (χ3v) is 3.44. The molecule has 0 fully saturated rings. The maximum atomic E-state index is 12.1. The van der Waals surface area contributed by atoms with Gasteiger partial charge in [-0.15, -0.1) is 0 Å². The third kappa shape index (κ3) is 3.51. The van der Waals surface area contributed by atoms with Crippen molar-refractivity contribution >= 4 is 16.6 Å². The summed E-state index contributed by atoms with van der Waals surface area (Å²) >= 11 is 0. The van der Waals surface area contributed by atoms with Gasteiger partial charge in [-0.3, -0.25) is 9.97 Å². The molecule has 0 saturated carbocycles. The number of nitrogens with one attached hydrogen (secondary N) is 1. The Balaban J connectivity index is 1.76. The van der Waals surface area contributed by atoms with E-state index in [1.807, 2.05) is 24.3 Å². The van der Waals surface area contributed by atoms with Gasteiger partial charge in [0.05, 0.1) is 25.5 Å². The van der Waals surface area contributed by atoms with E-state index < -0.39 is 6.61 Å². The molecule has 0 aliphatic carbocycles. The Kier molecular flexibility index (Phi) is 4.69. The quantitative estimate of drug-likeness (QED) is 0.743. The number of rotatable bonds is 6. The summed E-state index contributed by atoms with van der Waals surface area (Å²) < 4.78 is 33.8. The van der Waals surface area contributed by atoms with Gasteiger partial charge in [0.2, 0.25) is 0 Å². The number of nitrogens with zero attached hydrogens (tertiary/aromatic N) is 2. The highest BCUT2D eigenvalue weighted by molar-refractivity contribution is 5.94. The molecule has 3 aromatic rings. The number of anilines is 1. The fourth-order valence-corrected chi connectivity index (χ4v) is 2.34. The monoisotopic (exact) mass is 331 g/mol. The second kappa shape index (κ2) is 7.08. The van der Waals surface area contributed by atoms with E-state index in [9.17, 15) is 8.78 Å². The van der Waals surface area contributed by atoms with Crippen LogP contribution in [-0.4, -0.2) is 23.7 Å². The van der Waals surface area contributed by atoms with Gasteiger partial charge >= 0.3 is 6.61 Å². The molecule has 7 heteroatoms. The highest BCUT2D eigenvalue weighted by Crippen LogP contribution is 2.28. The molecule has 5 nitrogen and oxygen atoms in total. The van der Waals surface area contributed by atoms with Crippen molar-refractivity contribution in [2.24, 2.45) is 0 Å². The first kappa shape index (κ1) is 15.9. The molecule has 2 aromatic heterocycles. The topological polar surface area (TPSA) is 56.3 Å². The summed E-state index contributed by atoms with van der Waals surface area (Å²) in [4.78, 5) is 8.44. The minimum Gasteiger partial charge on any atom is -0.494 e. The van der Waals surface area contributed by atoms with Crippen molar-refractivity contribution in [3.8, 4) is 11.5 Å². The fraction of sp³-hybridized carbons (Fsp3) is 0.176. The molecule has 0 saturated heterocycles. The third-order valence-electron chi connectivity index (χ3n) is 3.44. The number of pyridine rings is 2. The summed E-state index contributed by atoms with van der Waals surface area (Å²) in [5.41, 5.74) is 2.34. The molecule has 24 heavy (non-hydrogen) atoms. The highest BCUT2D eigenvalue weighted by atomic mass is 19.3. The lowest BCUT2D eigenvalue weighted by molar-refractivity contribution is -0.0500. The number of benzene rings is 1. The van der Waals surface area contributed by atoms with Crippen molar-refractivity contribution in [1.29, 1.82) is 0 Å². The summed E-state index contributed by atoms with van der Waals surface area (Å²) in [6, 6.07) is 10.6.